The fraction of sp³-hybridized carbons (Fsp3) is 0.875. The van der Waals surface area contributed by atoms with E-state index >= 15 is 0 Å². The smallest absolute Gasteiger partial charge is 0.331 e. The summed E-state index contributed by atoms with van der Waals surface area (Å²) in [5, 5.41) is 12.7. The quantitative estimate of drug-likeness (QED) is 0.458. The van der Waals surface area contributed by atoms with Crippen LogP contribution in [0.2, 0.25) is 0 Å². The lowest BCUT2D eigenvalue weighted by Gasteiger charge is -2.31. The first-order valence-corrected chi connectivity index (χ1v) is 11.7. The number of carbonyl (C=O) groups is 3. The van der Waals surface area contributed by atoms with Gasteiger partial charge in [-0.05, 0) is 71.6 Å². The van der Waals surface area contributed by atoms with E-state index in [1.807, 2.05) is 0 Å². The molecule has 0 heterocycles. The van der Waals surface area contributed by atoms with E-state index in [2.05, 4.69) is 19.2 Å². The topological polar surface area (TPSA) is 92.7 Å². The molecule has 0 bridgehead atoms. The van der Waals surface area contributed by atoms with Crippen molar-refractivity contribution in [1.82, 2.24) is 5.32 Å². The van der Waals surface area contributed by atoms with Gasteiger partial charge in [-0.2, -0.15) is 0 Å². The Morgan fingerprint density at radius 1 is 1.03 bits per heavy atom. The predicted octanol–water partition coefficient (Wildman–Crippen LogP) is 4.18. The molecular weight excluding hydrogens is 382 g/mol. The minimum absolute atomic E-state index is 0.106. The maximum absolute atomic E-state index is 12.5. The molecule has 0 radical (unpaired) electrons. The molecule has 6 heteroatoms. The van der Waals surface area contributed by atoms with Crippen LogP contribution in [-0.4, -0.2) is 40.5 Å². The third kappa shape index (κ3) is 8.75. The third-order valence-electron chi connectivity index (χ3n) is 6.29. The largest absolute Gasteiger partial charge is 0.464 e. The maximum atomic E-state index is 12.5. The molecule has 1 fully saturated rings. The number of amides is 1. The summed E-state index contributed by atoms with van der Waals surface area (Å²) in [6.45, 7) is 11.0. The molecule has 30 heavy (non-hydrogen) atoms. The van der Waals surface area contributed by atoms with Crippen molar-refractivity contribution in [2.24, 2.45) is 17.8 Å². The number of hydrogen-bond acceptors (Lipinski definition) is 5. The maximum Gasteiger partial charge on any atom is 0.331 e. The van der Waals surface area contributed by atoms with Crippen molar-refractivity contribution in [2.75, 3.05) is 6.61 Å². The van der Waals surface area contributed by atoms with Gasteiger partial charge >= 0.3 is 5.97 Å². The molecule has 0 aromatic rings. The minimum atomic E-state index is -1.29. The monoisotopic (exact) mass is 425 g/mol. The van der Waals surface area contributed by atoms with Crippen LogP contribution in [0, 0.1) is 17.8 Å². The van der Waals surface area contributed by atoms with Crippen LogP contribution < -0.4 is 5.32 Å². The Morgan fingerprint density at radius 3 is 2.13 bits per heavy atom. The molecule has 1 rings (SSSR count). The van der Waals surface area contributed by atoms with E-state index in [1.54, 1.807) is 13.8 Å². The average molecular weight is 426 g/mol. The lowest BCUT2D eigenvalue weighted by atomic mass is 9.77. The summed E-state index contributed by atoms with van der Waals surface area (Å²) in [6.07, 6.45) is 7.58. The van der Waals surface area contributed by atoms with Crippen LogP contribution >= 0.6 is 0 Å². The molecule has 0 aromatic carbocycles. The fourth-order valence-electron chi connectivity index (χ4n) is 4.22. The van der Waals surface area contributed by atoms with E-state index in [0.717, 1.165) is 38.5 Å². The Bertz CT molecular complexity index is 571. The number of rotatable bonds is 12. The normalized spacial score (nSPS) is 21.0. The Kier molecular flexibility index (Phi) is 10.5. The van der Waals surface area contributed by atoms with Crippen LogP contribution in [0.15, 0.2) is 0 Å². The van der Waals surface area contributed by atoms with Crippen LogP contribution in [0.5, 0.6) is 0 Å². The second-order valence-corrected chi connectivity index (χ2v) is 10.0. The summed E-state index contributed by atoms with van der Waals surface area (Å²) < 4.78 is 5.51. The first kappa shape index (κ1) is 26.6. The van der Waals surface area contributed by atoms with Gasteiger partial charge in [0.2, 0.25) is 5.91 Å². The van der Waals surface area contributed by atoms with Crippen molar-refractivity contribution in [3.63, 3.8) is 0 Å². The van der Waals surface area contributed by atoms with Gasteiger partial charge in [0.05, 0.1) is 6.61 Å². The molecular formula is C24H43NO5. The molecule has 0 saturated heterocycles. The summed E-state index contributed by atoms with van der Waals surface area (Å²) >= 11 is 0. The zero-order valence-corrected chi connectivity index (χ0v) is 19.9. The molecule has 0 spiro atoms. The van der Waals surface area contributed by atoms with Crippen LogP contribution in [0.4, 0.5) is 0 Å². The predicted molar refractivity (Wildman–Crippen MR) is 118 cm³/mol. The second-order valence-electron chi connectivity index (χ2n) is 10.0. The zero-order valence-electron chi connectivity index (χ0n) is 19.9. The van der Waals surface area contributed by atoms with Crippen LogP contribution in [0.25, 0.3) is 0 Å². The molecule has 1 aliphatic rings. The van der Waals surface area contributed by atoms with Crippen molar-refractivity contribution in [1.29, 1.82) is 0 Å². The molecule has 1 amide bonds. The summed E-state index contributed by atoms with van der Waals surface area (Å²) in [5.74, 6) is 0.00144. The first-order chi connectivity index (χ1) is 13.9. The highest BCUT2D eigenvalue weighted by molar-refractivity contribution is 5.88. The van der Waals surface area contributed by atoms with Crippen LogP contribution in [0.3, 0.4) is 0 Å². The lowest BCUT2D eigenvalue weighted by Crippen LogP contribution is -2.51. The van der Waals surface area contributed by atoms with E-state index in [9.17, 15) is 19.5 Å². The van der Waals surface area contributed by atoms with Gasteiger partial charge in [0.1, 0.15) is 11.1 Å². The van der Waals surface area contributed by atoms with Crippen molar-refractivity contribution in [3.8, 4) is 0 Å². The number of ketones is 1. The number of nitrogens with one attached hydrogen (secondary N) is 1. The number of esters is 1. The number of ether oxygens (including phenoxy) is 1. The summed E-state index contributed by atoms with van der Waals surface area (Å²) in [4.78, 5) is 37.0. The van der Waals surface area contributed by atoms with Gasteiger partial charge < -0.3 is 15.2 Å². The summed E-state index contributed by atoms with van der Waals surface area (Å²) in [6, 6.07) is 0. The van der Waals surface area contributed by atoms with Gasteiger partial charge in [0, 0.05) is 12.3 Å². The molecule has 174 valence electrons. The lowest BCUT2D eigenvalue weighted by molar-refractivity contribution is -0.154. The molecule has 2 N–H and O–H groups in total. The van der Waals surface area contributed by atoms with E-state index in [-0.39, 0.29) is 23.5 Å². The molecule has 6 nitrogen and oxygen atoms in total. The van der Waals surface area contributed by atoms with Crippen molar-refractivity contribution in [2.45, 2.75) is 110 Å². The zero-order chi connectivity index (χ0) is 22.9. The highest BCUT2D eigenvalue weighted by Crippen LogP contribution is 2.32. The van der Waals surface area contributed by atoms with E-state index in [0.29, 0.717) is 31.8 Å². The second kappa shape index (κ2) is 11.8. The van der Waals surface area contributed by atoms with Crippen molar-refractivity contribution < 1.29 is 24.2 Å². The standard InChI is InChI=1S/C24H43NO5/c1-7-9-17(8-2)12-15-20(26)25-23(3,4)22(28)30-16-18-10-13-19(14-11-18)21(27)24(5,6)29/h17-19,29H,7-16H2,1-6H3,(H,25,26). The van der Waals surface area contributed by atoms with Gasteiger partial charge in [-0.15, -0.1) is 0 Å². The molecule has 1 unspecified atom stereocenters. The molecule has 0 aromatic heterocycles. The summed E-state index contributed by atoms with van der Waals surface area (Å²) in [5.41, 5.74) is -2.35. The van der Waals surface area contributed by atoms with Crippen molar-refractivity contribution in [3.05, 3.63) is 0 Å². The van der Waals surface area contributed by atoms with Crippen LogP contribution in [0.1, 0.15) is 99.3 Å². The number of Topliss-reactive ketones (excluding diaryl/α,β-unsaturated/α-hetero) is 1. The molecule has 1 aliphatic carbocycles. The Balaban J connectivity index is 2.39. The van der Waals surface area contributed by atoms with E-state index in [1.165, 1.54) is 13.8 Å². The SMILES string of the molecule is CCCC(CC)CCC(=O)NC(C)(C)C(=O)OCC1CCC(C(=O)C(C)(C)O)CC1. The Morgan fingerprint density at radius 2 is 1.63 bits per heavy atom. The Hall–Kier alpha value is -1.43. The minimum Gasteiger partial charge on any atom is -0.464 e. The molecule has 1 saturated carbocycles. The number of carbonyl (C=O) groups excluding carboxylic acids is 3. The average Bonchev–Trinajstić information content (AvgIpc) is 2.68. The number of aliphatic hydroxyl groups is 1. The van der Waals surface area contributed by atoms with Gasteiger partial charge in [-0.25, -0.2) is 4.79 Å². The van der Waals surface area contributed by atoms with E-state index < -0.39 is 17.1 Å². The summed E-state index contributed by atoms with van der Waals surface area (Å²) in [7, 11) is 0. The molecule has 0 aliphatic heterocycles. The third-order valence-corrected chi connectivity index (χ3v) is 6.29. The van der Waals surface area contributed by atoms with Crippen molar-refractivity contribution >= 4 is 17.7 Å². The Labute approximate surface area is 182 Å². The molecule has 1 atom stereocenters. The van der Waals surface area contributed by atoms with Gasteiger partial charge in [0.25, 0.3) is 0 Å². The highest BCUT2D eigenvalue weighted by atomic mass is 16.5. The van der Waals surface area contributed by atoms with Crippen LogP contribution in [-0.2, 0) is 19.1 Å². The van der Waals surface area contributed by atoms with Gasteiger partial charge in [-0.3, -0.25) is 9.59 Å². The van der Waals surface area contributed by atoms with Gasteiger partial charge in [-0.1, -0.05) is 33.1 Å². The number of hydrogen-bond donors (Lipinski definition) is 2. The highest BCUT2D eigenvalue weighted by Gasteiger charge is 2.36. The van der Waals surface area contributed by atoms with Gasteiger partial charge in [0.15, 0.2) is 5.78 Å². The first-order valence-electron chi connectivity index (χ1n) is 11.7. The fourth-order valence-corrected chi connectivity index (χ4v) is 4.22. The van der Waals surface area contributed by atoms with E-state index in [4.69, 9.17) is 4.74 Å².